The predicted molar refractivity (Wildman–Crippen MR) is 126 cm³/mol. The molecule has 0 aliphatic carbocycles. The Morgan fingerprint density at radius 1 is 1.17 bits per heavy atom. The SMILES string of the molecule is CC(C)(C)OC(=O)Nc1ccc(-c2cccnc2CN=[N+]=[N-])c(Cc2c(F)cccc2C#N)c1F. The summed E-state index contributed by atoms with van der Waals surface area (Å²) in [5, 5.41) is 15.4. The van der Waals surface area contributed by atoms with Gasteiger partial charge >= 0.3 is 6.09 Å². The van der Waals surface area contributed by atoms with Crippen molar-refractivity contribution < 1.29 is 18.3 Å². The summed E-state index contributed by atoms with van der Waals surface area (Å²) in [5.41, 5.74) is 9.02. The number of nitrogens with one attached hydrogen (secondary N) is 1. The van der Waals surface area contributed by atoms with E-state index in [1.165, 1.54) is 30.5 Å². The van der Waals surface area contributed by atoms with Gasteiger partial charge in [0.05, 0.1) is 29.6 Å². The Kier molecular flexibility index (Phi) is 7.64. The van der Waals surface area contributed by atoms with Gasteiger partial charge in [-0.05, 0) is 56.1 Å². The van der Waals surface area contributed by atoms with Crippen molar-refractivity contribution in [1.82, 2.24) is 4.98 Å². The maximum Gasteiger partial charge on any atom is 0.412 e. The first-order valence-corrected chi connectivity index (χ1v) is 10.6. The second kappa shape index (κ2) is 10.6. The third-order valence-electron chi connectivity index (χ3n) is 4.94. The molecule has 1 heterocycles. The minimum Gasteiger partial charge on any atom is -0.444 e. The van der Waals surface area contributed by atoms with Crippen LogP contribution < -0.4 is 5.32 Å². The number of aromatic nitrogens is 1. The van der Waals surface area contributed by atoms with E-state index >= 15 is 4.39 Å². The zero-order chi connectivity index (χ0) is 25.6. The Hall–Kier alpha value is -4.48. The van der Waals surface area contributed by atoms with Crippen LogP contribution in [0.3, 0.4) is 0 Å². The van der Waals surface area contributed by atoms with E-state index in [-0.39, 0.29) is 35.3 Å². The third kappa shape index (κ3) is 6.10. The number of carbonyl (C=O) groups is 1. The maximum atomic E-state index is 15.9. The number of halogens is 2. The van der Waals surface area contributed by atoms with Crippen LogP contribution in [-0.4, -0.2) is 16.7 Å². The van der Waals surface area contributed by atoms with Crippen LogP contribution in [0.2, 0.25) is 0 Å². The summed E-state index contributed by atoms with van der Waals surface area (Å²) in [5.74, 6) is -1.49. The molecule has 10 heteroatoms. The molecule has 1 N–H and O–H groups in total. The summed E-state index contributed by atoms with van der Waals surface area (Å²) in [4.78, 5) is 19.2. The van der Waals surface area contributed by atoms with Gasteiger partial charge in [-0.2, -0.15) is 5.26 Å². The average molecular weight is 476 g/mol. The van der Waals surface area contributed by atoms with Crippen LogP contribution in [0.4, 0.5) is 19.3 Å². The number of benzene rings is 2. The highest BCUT2D eigenvalue weighted by atomic mass is 19.1. The topological polar surface area (TPSA) is 124 Å². The molecular formula is C25H22F2N6O2. The number of azide groups is 1. The van der Waals surface area contributed by atoms with Gasteiger partial charge in [0.1, 0.15) is 11.4 Å². The smallest absolute Gasteiger partial charge is 0.412 e. The van der Waals surface area contributed by atoms with Crippen LogP contribution in [0.1, 0.15) is 43.2 Å². The zero-order valence-corrected chi connectivity index (χ0v) is 19.3. The van der Waals surface area contributed by atoms with Gasteiger partial charge in [0.15, 0.2) is 5.82 Å². The second-order valence-electron chi connectivity index (χ2n) is 8.52. The van der Waals surface area contributed by atoms with Crippen molar-refractivity contribution in [3.63, 3.8) is 0 Å². The van der Waals surface area contributed by atoms with Gasteiger partial charge in [-0.25, -0.2) is 13.6 Å². The number of hydrogen-bond donors (Lipinski definition) is 1. The number of anilines is 1. The summed E-state index contributed by atoms with van der Waals surface area (Å²) in [6.07, 6.45) is 0.366. The Morgan fingerprint density at radius 2 is 1.94 bits per heavy atom. The van der Waals surface area contributed by atoms with Crippen LogP contribution in [0.5, 0.6) is 0 Å². The van der Waals surface area contributed by atoms with Gasteiger partial charge < -0.3 is 4.74 Å². The molecule has 0 radical (unpaired) electrons. The number of rotatable bonds is 6. The lowest BCUT2D eigenvalue weighted by Gasteiger charge is -2.21. The van der Waals surface area contributed by atoms with E-state index in [2.05, 4.69) is 20.3 Å². The molecule has 0 unspecified atom stereocenters. The fourth-order valence-corrected chi connectivity index (χ4v) is 3.48. The Balaban J connectivity index is 2.19. The van der Waals surface area contributed by atoms with Crippen molar-refractivity contribution in [2.45, 2.75) is 39.3 Å². The predicted octanol–water partition coefficient (Wildman–Crippen LogP) is 6.65. The Bertz CT molecular complexity index is 1360. The van der Waals surface area contributed by atoms with E-state index < -0.39 is 23.3 Å². The minimum absolute atomic E-state index is 0.00468. The molecular weight excluding hydrogens is 454 g/mol. The normalized spacial score (nSPS) is 10.7. The highest BCUT2D eigenvalue weighted by Gasteiger charge is 2.23. The monoisotopic (exact) mass is 476 g/mol. The number of amides is 1. The molecule has 3 rings (SSSR count). The number of carbonyl (C=O) groups excluding carboxylic acids is 1. The molecule has 1 aromatic heterocycles. The molecule has 178 valence electrons. The number of nitriles is 1. The number of nitrogens with zero attached hydrogens (tertiary/aromatic N) is 5. The third-order valence-corrected chi connectivity index (χ3v) is 4.94. The van der Waals surface area contributed by atoms with Crippen LogP contribution in [-0.2, 0) is 17.7 Å². The molecule has 2 aromatic carbocycles. The summed E-state index contributed by atoms with van der Waals surface area (Å²) in [6.45, 7) is 4.93. The van der Waals surface area contributed by atoms with Gasteiger partial charge in [-0.3, -0.25) is 10.3 Å². The highest BCUT2D eigenvalue weighted by Crippen LogP contribution is 2.34. The van der Waals surface area contributed by atoms with E-state index in [0.717, 1.165) is 0 Å². The largest absolute Gasteiger partial charge is 0.444 e. The first-order chi connectivity index (χ1) is 16.6. The van der Waals surface area contributed by atoms with Gasteiger partial charge in [-0.1, -0.05) is 23.3 Å². The Morgan fingerprint density at radius 3 is 2.63 bits per heavy atom. The molecule has 0 saturated carbocycles. The van der Waals surface area contributed by atoms with Crippen LogP contribution in [0.25, 0.3) is 21.6 Å². The molecule has 1 amide bonds. The van der Waals surface area contributed by atoms with Crippen molar-refractivity contribution in [2.75, 3.05) is 5.32 Å². The number of hydrogen-bond acceptors (Lipinski definition) is 5. The summed E-state index contributed by atoms with van der Waals surface area (Å²) < 4.78 is 35.8. The van der Waals surface area contributed by atoms with Crippen molar-refractivity contribution in [3.8, 4) is 17.2 Å². The van der Waals surface area contributed by atoms with E-state index in [1.54, 1.807) is 39.0 Å². The zero-order valence-electron chi connectivity index (χ0n) is 19.3. The van der Waals surface area contributed by atoms with E-state index in [4.69, 9.17) is 10.3 Å². The lowest BCUT2D eigenvalue weighted by atomic mass is 9.91. The fraction of sp³-hybridized carbons (Fsp3) is 0.240. The van der Waals surface area contributed by atoms with Gasteiger partial charge in [0.2, 0.25) is 0 Å². The molecule has 0 saturated heterocycles. The molecule has 0 fully saturated rings. The van der Waals surface area contributed by atoms with Gasteiger partial charge in [-0.15, -0.1) is 0 Å². The molecule has 8 nitrogen and oxygen atoms in total. The van der Waals surface area contributed by atoms with Crippen molar-refractivity contribution in [1.29, 1.82) is 5.26 Å². The van der Waals surface area contributed by atoms with E-state index in [9.17, 15) is 14.4 Å². The molecule has 0 aliphatic heterocycles. The van der Waals surface area contributed by atoms with Crippen LogP contribution >= 0.6 is 0 Å². The molecule has 0 atom stereocenters. The molecule has 0 spiro atoms. The molecule has 3 aromatic rings. The highest BCUT2D eigenvalue weighted by molar-refractivity contribution is 5.86. The lowest BCUT2D eigenvalue weighted by molar-refractivity contribution is 0.0635. The summed E-state index contributed by atoms with van der Waals surface area (Å²) in [7, 11) is 0. The van der Waals surface area contributed by atoms with Crippen molar-refractivity contribution in [3.05, 3.63) is 93.1 Å². The molecule has 0 bridgehead atoms. The molecule has 0 aliphatic rings. The second-order valence-corrected chi connectivity index (χ2v) is 8.52. The van der Waals surface area contributed by atoms with Crippen LogP contribution in [0, 0.1) is 23.0 Å². The van der Waals surface area contributed by atoms with Gasteiger partial charge in [0.25, 0.3) is 0 Å². The first kappa shape index (κ1) is 25.1. The molecule has 35 heavy (non-hydrogen) atoms. The quantitative estimate of drug-likeness (QED) is 0.243. The minimum atomic E-state index is -0.857. The number of pyridine rings is 1. The lowest BCUT2D eigenvalue weighted by Crippen LogP contribution is -2.27. The fourth-order valence-electron chi connectivity index (χ4n) is 3.48. The van der Waals surface area contributed by atoms with E-state index in [1.807, 2.05) is 6.07 Å². The first-order valence-electron chi connectivity index (χ1n) is 10.6. The summed E-state index contributed by atoms with van der Waals surface area (Å²) in [6, 6.07) is 12.2. The van der Waals surface area contributed by atoms with E-state index in [0.29, 0.717) is 16.8 Å². The average Bonchev–Trinajstić information content (AvgIpc) is 2.80. The van der Waals surface area contributed by atoms with Crippen molar-refractivity contribution in [2.24, 2.45) is 5.11 Å². The van der Waals surface area contributed by atoms with Crippen LogP contribution in [0.15, 0.2) is 53.8 Å². The standard InChI is InChI=1S/C25H22F2N6O2/c1-25(2,3)35-24(34)32-21-10-9-16(17-7-5-11-30-22(17)14-31-33-29)19(23(21)27)12-18-15(13-28)6-4-8-20(18)26/h4-11H,12,14H2,1-3H3,(H,32,34). The summed E-state index contributed by atoms with van der Waals surface area (Å²) >= 11 is 0. The van der Waals surface area contributed by atoms with Crippen molar-refractivity contribution >= 4 is 11.8 Å². The Labute approximate surface area is 200 Å². The van der Waals surface area contributed by atoms with Gasteiger partial charge in [0, 0.05) is 34.2 Å². The number of ether oxygens (including phenoxy) is 1. The maximum absolute atomic E-state index is 15.9.